The van der Waals surface area contributed by atoms with Crippen molar-refractivity contribution in [2.45, 2.75) is 12.8 Å². The number of piperidine rings is 1. The van der Waals surface area contributed by atoms with Crippen molar-refractivity contribution >= 4 is 16.7 Å². The number of hydrogen-bond acceptors (Lipinski definition) is 6. The summed E-state index contributed by atoms with van der Waals surface area (Å²) in [5, 5.41) is 4.50. The molecule has 0 aromatic carbocycles. The van der Waals surface area contributed by atoms with Gasteiger partial charge in [0.15, 0.2) is 0 Å². The van der Waals surface area contributed by atoms with Gasteiger partial charge >= 0.3 is 0 Å². The van der Waals surface area contributed by atoms with Gasteiger partial charge < -0.3 is 15.0 Å². The molecule has 1 saturated heterocycles. The number of anilines is 1. The average molecular weight is 256 g/mol. The summed E-state index contributed by atoms with van der Waals surface area (Å²) in [7, 11) is 1.74. The predicted octanol–water partition coefficient (Wildman–Crippen LogP) is 0.990. The molecule has 0 aliphatic carbocycles. The Labute approximate surface area is 106 Å². The number of hydrogen-bond donors (Lipinski definition) is 1. The van der Waals surface area contributed by atoms with Crippen molar-refractivity contribution in [3.05, 3.63) is 6.33 Å². The molecule has 0 spiro atoms. The van der Waals surface area contributed by atoms with Crippen LogP contribution in [0.4, 0.5) is 5.13 Å². The first-order valence-electron chi connectivity index (χ1n) is 6.11. The van der Waals surface area contributed by atoms with E-state index >= 15 is 0 Å². The van der Waals surface area contributed by atoms with Gasteiger partial charge in [-0.2, -0.15) is 4.37 Å². The summed E-state index contributed by atoms with van der Waals surface area (Å²) in [4.78, 5) is 6.59. The van der Waals surface area contributed by atoms with Crippen molar-refractivity contribution in [3.63, 3.8) is 0 Å². The molecule has 5 nitrogen and oxygen atoms in total. The van der Waals surface area contributed by atoms with Crippen LogP contribution in [0.2, 0.25) is 0 Å². The molecular weight excluding hydrogens is 236 g/mol. The van der Waals surface area contributed by atoms with Crippen LogP contribution in [-0.2, 0) is 4.74 Å². The Hall–Kier alpha value is -0.720. The van der Waals surface area contributed by atoms with Crippen LogP contribution in [0.1, 0.15) is 12.8 Å². The molecule has 0 atom stereocenters. The molecule has 0 saturated carbocycles. The first-order valence-corrected chi connectivity index (χ1v) is 6.88. The Kier molecular flexibility index (Phi) is 5.15. The molecule has 6 heteroatoms. The Morgan fingerprint density at radius 1 is 1.53 bits per heavy atom. The molecule has 0 unspecified atom stereocenters. The normalized spacial score (nSPS) is 17.6. The smallest absolute Gasteiger partial charge is 0.204 e. The van der Waals surface area contributed by atoms with Gasteiger partial charge in [-0.3, -0.25) is 0 Å². The molecule has 2 rings (SSSR count). The van der Waals surface area contributed by atoms with Gasteiger partial charge in [-0.25, -0.2) is 4.98 Å². The van der Waals surface area contributed by atoms with Crippen molar-refractivity contribution in [3.8, 4) is 0 Å². The summed E-state index contributed by atoms with van der Waals surface area (Å²) >= 11 is 1.49. The third-order valence-electron chi connectivity index (χ3n) is 3.15. The van der Waals surface area contributed by atoms with E-state index in [1.807, 2.05) is 0 Å². The Morgan fingerprint density at radius 3 is 3.00 bits per heavy atom. The highest BCUT2D eigenvalue weighted by Crippen LogP contribution is 2.23. The predicted molar refractivity (Wildman–Crippen MR) is 69.6 cm³/mol. The lowest BCUT2D eigenvalue weighted by atomic mass is 9.97. The first-order chi connectivity index (χ1) is 8.40. The van der Waals surface area contributed by atoms with Crippen LogP contribution in [0.15, 0.2) is 6.33 Å². The number of methoxy groups -OCH3 is 1. The largest absolute Gasteiger partial charge is 0.383 e. The van der Waals surface area contributed by atoms with Gasteiger partial charge in [0.1, 0.15) is 6.33 Å². The quantitative estimate of drug-likeness (QED) is 0.769. The van der Waals surface area contributed by atoms with Crippen LogP contribution in [0.3, 0.4) is 0 Å². The third-order valence-corrected chi connectivity index (χ3v) is 3.88. The van der Waals surface area contributed by atoms with E-state index in [1.165, 1.54) is 24.4 Å². The summed E-state index contributed by atoms with van der Waals surface area (Å²) in [6, 6.07) is 0. The van der Waals surface area contributed by atoms with Crippen molar-refractivity contribution in [1.29, 1.82) is 0 Å². The molecule has 0 radical (unpaired) electrons. The molecule has 1 aromatic heterocycles. The molecular formula is C11H20N4OS. The molecule has 0 amide bonds. The van der Waals surface area contributed by atoms with Gasteiger partial charge in [-0.05, 0) is 25.3 Å². The highest BCUT2D eigenvalue weighted by molar-refractivity contribution is 7.09. The van der Waals surface area contributed by atoms with E-state index < -0.39 is 0 Å². The van der Waals surface area contributed by atoms with Gasteiger partial charge in [-0.15, -0.1) is 0 Å². The number of nitrogens with one attached hydrogen (secondary N) is 1. The summed E-state index contributed by atoms with van der Waals surface area (Å²) in [5.74, 6) is 0.788. The molecule has 1 N–H and O–H groups in total. The first kappa shape index (κ1) is 12.7. The standard InChI is InChI=1S/C11H20N4OS/c1-16-7-4-12-8-10-2-5-15(6-3-10)11-13-9-14-17-11/h9-10,12H,2-8H2,1H3. The van der Waals surface area contributed by atoms with E-state index in [0.29, 0.717) is 0 Å². The SMILES string of the molecule is COCCNCC1CCN(c2ncns2)CC1. The van der Waals surface area contributed by atoms with Crippen LogP contribution >= 0.6 is 11.5 Å². The van der Waals surface area contributed by atoms with Gasteiger partial charge in [0, 0.05) is 38.3 Å². The number of aromatic nitrogens is 2. The molecule has 17 heavy (non-hydrogen) atoms. The Morgan fingerprint density at radius 2 is 2.35 bits per heavy atom. The summed E-state index contributed by atoms with van der Waals surface area (Å²) in [5.41, 5.74) is 0. The second-order valence-corrected chi connectivity index (χ2v) is 5.11. The molecule has 1 aliphatic heterocycles. The third kappa shape index (κ3) is 3.90. The zero-order valence-corrected chi connectivity index (χ0v) is 11.1. The topological polar surface area (TPSA) is 50.3 Å². The molecule has 96 valence electrons. The number of ether oxygens (including phenoxy) is 1. The fourth-order valence-corrected chi connectivity index (χ4v) is 2.70. The lowest BCUT2D eigenvalue weighted by molar-refractivity contribution is 0.197. The van der Waals surface area contributed by atoms with Crippen molar-refractivity contribution in [2.75, 3.05) is 44.8 Å². The van der Waals surface area contributed by atoms with E-state index in [9.17, 15) is 0 Å². The molecule has 1 aliphatic rings. The Bertz CT molecular complexity index is 298. The molecule has 0 bridgehead atoms. The Balaban J connectivity index is 1.64. The lowest BCUT2D eigenvalue weighted by Gasteiger charge is -2.31. The van der Waals surface area contributed by atoms with Crippen molar-refractivity contribution in [1.82, 2.24) is 14.7 Å². The van der Waals surface area contributed by atoms with E-state index in [4.69, 9.17) is 4.74 Å². The molecule has 1 fully saturated rings. The maximum atomic E-state index is 5.01. The molecule has 1 aromatic rings. The van der Waals surface area contributed by atoms with Gasteiger partial charge in [0.05, 0.1) is 6.61 Å². The number of nitrogens with zero attached hydrogens (tertiary/aromatic N) is 3. The zero-order valence-electron chi connectivity index (χ0n) is 10.3. The highest BCUT2D eigenvalue weighted by atomic mass is 32.1. The number of rotatable bonds is 6. The van der Waals surface area contributed by atoms with E-state index in [-0.39, 0.29) is 0 Å². The second-order valence-electron chi connectivity index (χ2n) is 4.35. The van der Waals surface area contributed by atoms with Crippen LogP contribution in [-0.4, -0.2) is 49.3 Å². The maximum absolute atomic E-state index is 5.01. The second kappa shape index (κ2) is 6.88. The summed E-state index contributed by atoms with van der Waals surface area (Å²) < 4.78 is 9.06. The minimum atomic E-state index is 0.788. The van der Waals surface area contributed by atoms with Crippen LogP contribution < -0.4 is 10.2 Å². The minimum absolute atomic E-state index is 0.788. The van der Waals surface area contributed by atoms with Gasteiger partial charge in [-0.1, -0.05) is 0 Å². The molecule has 2 heterocycles. The van der Waals surface area contributed by atoms with Gasteiger partial charge in [0.2, 0.25) is 5.13 Å². The fraction of sp³-hybridized carbons (Fsp3) is 0.818. The van der Waals surface area contributed by atoms with Gasteiger partial charge in [0.25, 0.3) is 0 Å². The fourth-order valence-electron chi connectivity index (χ4n) is 2.12. The van der Waals surface area contributed by atoms with E-state index in [0.717, 1.165) is 43.8 Å². The minimum Gasteiger partial charge on any atom is -0.383 e. The maximum Gasteiger partial charge on any atom is 0.204 e. The lowest BCUT2D eigenvalue weighted by Crippen LogP contribution is -2.37. The van der Waals surface area contributed by atoms with Crippen molar-refractivity contribution < 1.29 is 4.74 Å². The van der Waals surface area contributed by atoms with Crippen LogP contribution in [0, 0.1) is 5.92 Å². The highest BCUT2D eigenvalue weighted by Gasteiger charge is 2.20. The van der Waals surface area contributed by atoms with E-state index in [2.05, 4.69) is 19.6 Å². The summed E-state index contributed by atoms with van der Waals surface area (Å²) in [6.45, 7) is 5.06. The zero-order chi connectivity index (χ0) is 11.9. The summed E-state index contributed by atoms with van der Waals surface area (Å²) in [6.07, 6.45) is 4.11. The monoisotopic (exact) mass is 256 g/mol. The van der Waals surface area contributed by atoms with E-state index in [1.54, 1.807) is 13.4 Å². The average Bonchev–Trinajstić information content (AvgIpc) is 2.89. The van der Waals surface area contributed by atoms with Crippen molar-refractivity contribution in [2.24, 2.45) is 5.92 Å². The van der Waals surface area contributed by atoms with Crippen LogP contribution in [0.25, 0.3) is 0 Å². The van der Waals surface area contributed by atoms with Crippen LogP contribution in [0.5, 0.6) is 0 Å².